The van der Waals surface area contributed by atoms with Crippen LogP contribution >= 0.6 is 23.2 Å². The maximum Gasteiger partial charge on any atom is 0.320 e. The Kier molecular flexibility index (Phi) is 4.96. The van der Waals surface area contributed by atoms with Crippen molar-refractivity contribution in [1.82, 2.24) is 19.6 Å². The molecule has 0 aliphatic heterocycles. The normalized spacial score (nSPS) is 11.4. The molecule has 4 rings (SSSR count). The van der Waals surface area contributed by atoms with Crippen LogP contribution in [0.25, 0.3) is 28.0 Å². The lowest BCUT2D eigenvalue weighted by Crippen LogP contribution is -2.11. The minimum Gasteiger partial charge on any atom is -0.461 e. The van der Waals surface area contributed by atoms with Gasteiger partial charge < -0.3 is 4.74 Å². The Labute approximate surface area is 172 Å². The predicted octanol–water partition coefficient (Wildman–Crippen LogP) is 5.86. The molecule has 2 heterocycles. The molecule has 0 spiro atoms. The summed E-state index contributed by atoms with van der Waals surface area (Å²) >= 11 is 12.6. The number of aromatic nitrogens is 4. The van der Waals surface area contributed by atoms with E-state index in [2.05, 4.69) is 9.97 Å². The summed E-state index contributed by atoms with van der Waals surface area (Å²) in [6.45, 7) is 5.75. The molecule has 0 saturated carbocycles. The summed E-state index contributed by atoms with van der Waals surface area (Å²) in [7, 11) is 0. The van der Waals surface area contributed by atoms with Crippen LogP contribution in [-0.4, -0.2) is 25.7 Å². The Balaban J connectivity index is 2.05. The molecule has 0 atom stereocenters. The molecule has 0 radical (unpaired) electrons. The van der Waals surface area contributed by atoms with Crippen LogP contribution in [0.1, 0.15) is 19.7 Å². The largest absolute Gasteiger partial charge is 0.461 e. The fourth-order valence-corrected chi connectivity index (χ4v) is 3.38. The number of nitrogens with zero attached hydrogens (tertiary/aromatic N) is 4. The second-order valence-corrected chi connectivity index (χ2v) is 7.51. The molecular formula is C21H18Cl2N4O. The molecule has 2 aromatic carbocycles. The molecule has 0 saturated heterocycles. The van der Waals surface area contributed by atoms with Crippen LogP contribution in [0.5, 0.6) is 6.01 Å². The van der Waals surface area contributed by atoms with Gasteiger partial charge in [0.05, 0.1) is 16.7 Å². The van der Waals surface area contributed by atoms with Gasteiger partial charge in [-0.05, 0) is 44.5 Å². The van der Waals surface area contributed by atoms with Crippen molar-refractivity contribution in [1.29, 1.82) is 0 Å². The zero-order chi connectivity index (χ0) is 19.8. The first-order valence-electron chi connectivity index (χ1n) is 8.89. The van der Waals surface area contributed by atoms with Gasteiger partial charge in [-0.3, -0.25) is 0 Å². The van der Waals surface area contributed by atoms with E-state index in [9.17, 15) is 0 Å². The van der Waals surface area contributed by atoms with Gasteiger partial charge in [-0.2, -0.15) is 19.6 Å². The fraction of sp³-hybridized carbons (Fsp3) is 0.190. The van der Waals surface area contributed by atoms with Crippen molar-refractivity contribution >= 4 is 28.8 Å². The van der Waals surface area contributed by atoms with Crippen molar-refractivity contribution in [3.05, 3.63) is 64.4 Å². The van der Waals surface area contributed by atoms with Crippen LogP contribution in [0.4, 0.5) is 0 Å². The topological polar surface area (TPSA) is 52.3 Å². The van der Waals surface area contributed by atoms with Gasteiger partial charge in [0.15, 0.2) is 5.65 Å². The molecule has 28 heavy (non-hydrogen) atoms. The van der Waals surface area contributed by atoms with Crippen molar-refractivity contribution < 1.29 is 4.74 Å². The van der Waals surface area contributed by atoms with E-state index in [4.69, 9.17) is 33.0 Å². The molecule has 0 amide bonds. The molecule has 142 valence electrons. The third-order valence-corrected chi connectivity index (χ3v) is 4.81. The van der Waals surface area contributed by atoms with Crippen molar-refractivity contribution in [3.8, 4) is 28.4 Å². The predicted molar refractivity (Wildman–Crippen MR) is 112 cm³/mol. The highest BCUT2D eigenvalue weighted by Gasteiger charge is 2.22. The summed E-state index contributed by atoms with van der Waals surface area (Å²) in [5.74, 6) is 0.675. The third-order valence-electron chi connectivity index (χ3n) is 4.23. The average Bonchev–Trinajstić information content (AvgIpc) is 3.02. The molecule has 0 unspecified atom stereocenters. The van der Waals surface area contributed by atoms with Crippen LogP contribution in [0.15, 0.2) is 48.5 Å². The monoisotopic (exact) mass is 412 g/mol. The van der Waals surface area contributed by atoms with Gasteiger partial charge in [0.25, 0.3) is 0 Å². The summed E-state index contributed by atoms with van der Waals surface area (Å²) < 4.78 is 7.46. The van der Waals surface area contributed by atoms with Crippen LogP contribution < -0.4 is 4.74 Å². The number of hydrogen-bond acceptors (Lipinski definition) is 4. The standard InChI is InChI=1S/C21H18Cl2N4O/c1-12(2)28-21-24-13(3)27-20(25-21)18(14-8-10-15(22)11-9-14)19(26-27)16-6-4-5-7-17(16)23/h4-12H,1-3H3. The molecular weight excluding hydrogens is 395 g/mol. The van der Waals surface area contributed by atoms with Gasteiger partial charge in [-0.15, -0.1) is 0 Å². The van der Waals surface area contributed by atoms with E-state index in [1.807, 2.05) is 69.3 Å². The zero-order valence-electron chi connectivity index (χ0n) is 15.6. The quantitative estimate of drug-likeness (QED) is 0.421. The first-order valence-corrected chi connectivity index (χ1v) is 9.64. The first kappa shape index (κ1) is 18.7. The lowest BCUT2D eigenvalue weighted by Gasteiger charge is -2.09. The van der Waals surface area contributed by atoms with Crippen molar-refractivity contribution in [2.45, 2.75) is 26.9 Å². The zero-order valence-corrected chi connectivity index (χ0v) is 17.2. The van der Waals surface area contributed by atoms with Crippen LogP contribution in [0.3, 0.4) is 0 Å². The number of hydrogen-bond donors (Lipinski definition) is 0. The van der Waals surface area contributed by atoms with Gasteiger partial charge in [0.2, 0.25) is 0 Å². The molecule has 2 aromatic heterocycles. The second-order valence-electron chi connectivity index (χ2n) is 6.67. The van der Waals surface area contributed by atoms with Gasteiger partial charge >= 0.3 is 6.01 Å². The average molecular weight is 413 g/mol. The van der Waals surface area contributed by atoms with E-state index in [0.717, 1.165) is 22.4 Å². The highest BCUT2D eigenvalue weighted by Crippen LogP contribution is 2.38. The van der Waals surface area contributed by atoms with E-state index in [0.29, 0.717) is 27.5 Å². The van der Waals surface area contributed by atoms with Gasteiger partial charge in [-0.1, -0.05) is 53.5 Å². The van der Waals surface area contributed by atoms with E-state index >= 15 is 0 Å². The minimum atomic E-state index is -0.0354. The SMILES string of the molecule is Cc1nc(OC(C)C)nc2c(-c3ccc(Cl)cc3)c(-c3ccccc3Cl)nn12. The van der Waals surface area contributed by atoms with E-state index in [1.54, 1.807) is 4.52 Å². The maximum atomic E-state index is 6.48. The third kappa shape index (κ3) is 3.43. The first-order chi connectivity index (χ1) is 13.4. The molecule has 0 aliphatic carbocycles. The molecule has 7 heteroatoms. The Hall–Kier alpha value is -2.63. The number of halogens is 2. The van der Waals surface area contributed by atoms with Gasteiger partial charge in [-0.25, -0.2) is 0 Å². The highest BCUT2D eigenvalue weighted by atomic mass is 35.5. The minimum absolute atomic E-state index is 0.0354. The fourth-order valence-electron chi connectivity index (χ4n) is 3.03. The molecule has 0 fully saturated rings. The number of fused-ring (bicyclic) bond motifs is 1. The van der Waals surface area contributed by atoms with Gasteiger partial charge in [0, 0.05) is 10.6 Å². The molecule has 0 N–H and O–H groups in total. The summed E-state index contributed by atoms with van der Waals surface area (Å²) in [4.78, 5) is 9.07. The Bertz CT molecular complexity index is 1150. The summed E-state index contributed by atoms with van der Waals surface area (Å²) in [5, 5.41) is 6.06. The number of rotatable bonds is 4. The summed E-state index contributed by atoms with van der Waals surface area (Å²) in [5.41, 5.74) is 3.99. The van der Waals surface area contributed by atoms with Crippen molar-refractivity contribution in [2.24, 2.45) is 0 Å². The van der Waals surface area contributed by atoms with Gasteiger partial charge in [0.1, 0.15) is 11.5 Å². The molecule has 0 bridgehead atoms. The molecule has 5 nitrogen and oxygen atoms in total. The van der Waals surface area contributed by atoms with E-state index in [1.165, 1.54) is 0 Å². The Morgan fingerprint density at radius 1 is 0.964 bits per heavy atom. The summed E-state index contributed by atoms with van der Waals surface area (Å²) in [6, 6.07) is 15.5. The second kappa shape index (κ2) is 7.41. The van der Waals surface area contributed by atoms with Crippen LogP contribution in [0.2, 0.25) is 10.0 Å². The summed E-state index contributed by atoms with van der Waals surface area (Å²) in [6.07, 6.45) is -0.0354. The van der Waals surface area contributed by atoms with E-state index < -0.39 is 0 Å². The number of aryl methyl sites for hydroxylation is 1. The molecule has 0 aliphatic rings. The van der Waals surface area contributed by atoms with Crippen molar-refractivity contribution in [2.75, 3.05) is 0 Å². The van der Waals surface area contributed by atoms with Crippen LogP contribution in [-0.2, 0) is 0 Å². The number of benzene rings is 2. The lowest BCUT2D eigenvalue weighted by atomic mass is 10.0. The maximum absolute atomic E-state index is 6.48. The highest BCUT2D eigenvalue weighted by molar-refractivity contribution is 6.33. The van der Waals surface area contributed by atoms with E-state index in [-0.39, 0.29) is 6.10 Å². The Morgan fingerprint density at radius 3 is 2.36 bits per heavy atom. The molecule has 4 aromatic rings. The van der Waals surface area contributed by atoms with Crippen LogP contribution in [0, 0.1) is 6.92 Å². The smallest absolute Gasteiger partial charge is 0.320 e. The Morgan fingerprint density at radius 2 is 1.68 bits per heavy atom. The number of ether oxygens (including phenoxy) is 1. The van der Waals surface area contributed by atoms with Crippen molar-refractivity contribution in [3.63, 3.8) is 0 Å². The lowest BCUT2D eigenvalue weighted by molar-refractivity contribution is 0.221.